The molecule has 5 nitrogen and oxygen atoms in total. The number of carbonyl (C=O) groups excluding carboxylic acids is 1. The summed E-state index contributed by atoms with van der Waals surface area (Å²) in [5.74, 6) is 0.357. The number of piperidine rings is 1. The summed E-state index contributed by atoms with van der Waals surface area (Å²) in [6.07, 6.45) is 2.84. The van der Waals surface area contributed by atoms with Gasteiger partial charge in [0.05, 0.1) is 13.2 Å². The first-order valence-electron chi connectivity index (χ1n) is 9.69. The maximum atomic E-state index is 12.5. The van der Waals surface area contributed by atoms with Crippen LogP contribution < -0.4 is 0 Å². The lowest BCUT2D eigenvalue weighted by Gasteiger charge is -2.41. The molecule has 3 fully saturated rings. The van der Waals surface area contributed by atoms with E-state index in [0.29, 0.717) is 24.4 Å². The number of nitrogens with zero attached hydrogens (tertiary/aromatic N) is 3. The van der Waals surface area contributed by atoms with Gasteiger partial charge in [-0.1, -0.05) is 30.3 Å². The molecule has 0 spiro atoms. The van der Waals surface area contributed by atoms with E-state index in [2.05, 4.69) is 45.0 Å². The van der Waals surface area contributed by atoms with Crippen LogP contribution in [0.4, 0.5) is 0 Å². The van der Waals surface area contributed by atoms with Gasteiger partial charge in [0.15, 0.2) is 0 Å². The van der Waals surface area contributed by atoms with Gasteiger partial charge >= 0.3 is 0 Å². The van der Waals surface area contributed by atoms with Gasteiger partial charge in [-0.05, 0) is 18.4 Å². The van der Waals surface area contributed by atoms with Crippen LogP contribution in [0, 0.1) is 0 Å². The molecule has 0 bridgehead atoms. The minimum atomic E-state index is 0.357. The van der Waals surface area contributed by atoms with Crippen LogP contribution in [-0.4, -0.2) is 78.6 Å². The zero-order chi connectivity index (χ0) is 17.1. The fourth-order valence-corrected chi connectivity index (χ4v) is 4.62. The fourth-order valence-electron chi connectivity index (χ4n) is 4.62. The summed E-state index contributed by atoms with van der Waals surface area (Å²) in [6, 6.07) is 11.6. The molecule has 2 atom stereocenters. The Morgan fingerprint density at radius 1 is 0.960 bits per heavy atom. The van der Waals surface area contributed by atoms with Crippen LogP contribution in [0.15, 0.2) is 30.3 Å². The number of hydrogen-bond donors (Lipinski definition) is 0. The Bertz CT molecular complexity index is 574. The average Bonchev–Trinajstić information content (AvgIpc) is 3.05. The second-order valence-corrected chi connectivity index (χ2v) is 7.46. The summed E-state index contributed by atoms with van der Waals surface area (Å²) in [7, 11) is 0. The lowest BCUT2D eigenvalue weighted by molar-refractivity contribution is -0.138. The molecule has 0 N–H and O–H groups in total. The number of carbonyl (C=O) groups is 1. The van der Waals surface area contributed by atoms with Crippen molar-refractivity contribution < 1.29 is 9.53 Å². The van der Waals surface area contributed by atoms with Crippen LogP contribution in [0.1, 0.15) is 24.8 Å². The summed E-state index contributed by atoms with van der Waals surface area (Å²) in [6.45, 7) is 7.61. The molecule has 0 unspecified atom stereocenters. The summed E-state index contributed by atoms with van der Waals surface area (Å²) in [5.41, 5.74) is 1.37. The second kappa shape index (κ2) is 7.85. The number of fused-ring (bicyclic) bond motifs is 1. The van der Waals surface area contributed by atoms with E-state index in [0.717, 1.165) is 65.3 Å². The molecule has 3 aliphatic heterocycles. The molecule has 1 aromatic carbocycles. The van der Waals surface area contributed by atoms with Gasteiger partial charge in [-0.2, -0.15) is 0 Å². The Balaban J connectivity index is 1.37. The monoisotopic (exact) mass is 343 g/mol. The Morgan fingerprint density at radius 2 is 1.76 bits per heavy atom. The SMILES string of the molecule is O=C1CC[C@H]2[C@H](CCN2Cc2ccccc2)N1CCN1CCOCC1. The smallest absolute Gasteiger partial charge is 0.222 e. The van der Waals surface area contributed by atoms with Gasteiger partial charge < -0.3 is 9.64 Å². The van der Waals surface area contributed by atoms with Crippen LogP contribution >= 0.6 is 0 Å². The van der Waals surface area contributed by atoms with E-state index in [9.17, 15) is 4.79 Å². The number of ether oxygens (including phenoxy) is 1. The molecule has 4 rings (SSSR count). The Kier molecular flexibility index (Phi) is 5.34. The highest BCUT2D eigenvalue weighted by molar-refractivity contribution is 5.77. The van der Waals surface area contributed by atoms with Crippen molar-refractivity contribution in [3.8, 4) is 0 Å². The minimum Gasteiger partial charge on any atom is -0.379 e. The third-order valence-corrected chi connectivity index (χ3v) is 5.99. The highest BCUT2D eigenvalue weighted by Crippen LogP contribution is 2.32. The van der Waals surface area contributed by atoms with E-state index in [1.807, 2.05) is 0 Å². The van der Waals surface area contributed by atoms with E-state index >= 15 is 0 Å². The number of morpholine rings is 1. The Hall–Kier alpha value is -1.43. The first kappa shape index (κ1) is 17.0. The maximum Gasteiger partial charge on any atom is 0.222 e. The average molecular weight is 343 g/mol. The van der Waals surface area contributed by atoms with Crippen molar-refractivity contribution in [2.45, 2.75) is 37.9 Å². The normalized spacial score (nSPS) is 28.3. The standard InChI is InChI=1S/C20H29N3O2/c24-20-7-6-18-19(23(20)11-10-21-12-14-25-15-13-21)8-9-22(18)16-17-4-2-1-3-5-17/h1-5,18-19H,6-16H2/t18-,19-/m0/s1. The zero-order valence-electron chi connectivity index (χ0n) is 15.0. The molecule has 136 valence electrons. The fraction of sp³-hybridized carbons (Fsp3) is 0.650. The topological polar surface area (TPSA) is 36.0 Å². The highest BCUT2D eigenvalue weighted by Gasteiger charge is 2.42. The van der Waals surface area contributed by atoms with E-state index in [1.165, 1.54) is 5.56 Å². The Morgan fingerprint density at radius 3 is 2.56 bits per heavy atom. The lowest BCUT2D eigenvalue weighted by atomic mass is 9.96. The molecular formula is C20H29N3O2. The predicted octanol–water partition coefficient (Wildman–Crippen LogP) is 1.58. The summed E-state index contributed by atoms with van der Waals surface area (Å²) in [5, 5.41) is 0. The van der Waals surface area contributed by atoms with Gasteiger partial charge in [0.2, 0.25) is 5.91 Å². The molecule has 0 radical (unpaired) electrons. The van der Waals surface area contributed by atoms with Crippen molar-refractivity contribution in [1.29, 1.82) is 0 Å². The number of rotatable bonds is 5. The van der Waals surface area contributed by atoms with Crippen molar-refractivity contribution in [1.82, 2.24) is 14.7 Å². The molecule has 1 amide bonds. The molecule has 1 aromatic rings. The van der Waals surface area contributed by atoms with Gasteiger partial charge in [-0.15, -0.1) is 0 Å². The highest BCUT2D eigenvalue weighted by atomic mass is 16.5. The van der Waals surface area contributed by atoms with Crippen LogP contribution in [-0.2, 0) is 16.1 Å². The van der Waals surface area contributed by atoms with E-state index in [4.69, 9.17) is 4.74 Å². The van der Waals surface area contributed by atoms with Crippen molar-refractivity contribution in [3.63, 3.8) is 0 Å². The Labute approximate surface area is 150 Å². The van der Waals surface area contributed by atoms with Crippen molar-refractivity contribution in [2.75, 3.05) is 45.9 Å². The van der Waals surface area contributed by atoms with Crippen LogP contribution in [0.2, 0.25) is 0 Å². The van der Waals surface area contributed by atoms with Crippen molar-refractivity contribution in [3.05, 3.63) is 35.9 Å². The van der Waals surface area contributed by atoms with Crippen molar-refractivity contribution >= 4 is 5.91 Å². The first-order valence-corrected chi connectivity index (χ1v) is 9.69. The number of amides is 1. The molecule has 3 heterocycles. The largest absolute Gasteiger partial charge is 0.379 e. The van der Waals surface area contributed by atoms with Gasteiger partial charge in [-0.3, -0.25) is 14.6 Å². The molecule has 0 saturated carbocycles. The van der Waals surface area contributed by atoms with Crippen LogP contribution in [0.25, 0.3) is 0 Å². The summed E-state index contributed by atoms with van der Waals surface area (Å²) in [4.78, 5) is 19.7. The van der Waals surface area contributed by atoms with E-state index < -0.39 is 0 Å². The third-order valence-electron chi connectivity index (χ3n) is 5.99. The number of hydrogen-bond acceptors (Lipinski definition) is 4. The van der Waals surface area contributed by atoms with E-state index in [1.54, 1.807) is 0 Å². The van der Waals surface area contributed by atoms with Gasteiger partial charge in [0.25, 0.3) is 0 Å². The molecule has 3 aliphatic rings. The van der Waals surface area contributed by atoms with E-state index in [-0.39, 0.29) is 0 Å². The number of benzene rings is 1. The van der Waals surface area contributed by atoms with Crippen LogP contribution in [0.3, 0.4) is 0 Å². The lowest BCUT2D eigenvalue weighted by Crippen LogP contribution is -2.54. The molecular weight excluding hydrogens is 314 g/mol. The molecule has 3 saturated heterocycles. The maximum absolute atomic E-state index is 12.5. The minimum absolute atomic E-state index is 0.357. The van der Waals surface area contributed by atoms with Gasteiger partial charge in [-0.25, -0.2) is 0 Å². The first-order chi connectivity index (χ1) is 12.3. The zero-order valence-corrected chi connectivity index (χ0v) is 15.0. The van der Waals surface area contributed by atoms with Crippen molar-refractivity contribution in [2.24, 2.45) is 0 Å². The van der Waals surface area contributed by atoms with Crippen LogP contribution in [0.5, 0.6) is 0 Å². The molecule has 25 heavy (non-hydrogen) atoms. The van der Waals surface area contributed by atoms with Gasteiger partial charge in [0, 0.05) is 57.8 Å². The summed E-state index contributed by atoms with van der Waals surface area (Å²) < 4.78 is 5.42. The molecule has 5 heteroatoms. The molecule has 0 aromatic heterocycles. The quantitative estimate of drug-likeness (QED) is 0.813. The van der Waals surface area contributed by atoms with Gasteiger partial charge in [0.1, 0.15) is 0 Å². The second-order valence-electron chi connectivity index (χ2n) is 7.46. The molecule has 0 aliphatic carbocycles. The number of likely N-dealkylation sites (tertiary alicyclic amines) is 2. The summed E-state index contributed by atoms with van der Waals surface area (Å²) >= 11 is 0. The predicted molar refractivity (Wildman–Crippen MR) is 97.3 cm³/mol. The third kappa shape index (κ3) is 3.89.